The Labute approximate surface area is 81.1 Å². The van der Waals surface area contributed by atoms with E-state index in [1.54, 1.807) is 13.3 Å². The average molecular weight is 230 g/mol. The summed E-state index contributed by atoms with van der Waals surface area (Å²) in [5.41, 5.74) is 0.633. The zero-order chi connectivity index (χ0) is 9.19. The van der Waals surface area contributed by atoms with Crippen LogP contribution in [0.2, 0.25) is 0 Å². The van der Waals surface area contributed by atoms with Gasteiger partial charge in [-0.3, -0.25) is 4.98 Å². The lowest BCUT2D eigenvalue weighted by molar-refractivity contribution is 0.0155. The van der Waals surface area contributed by atoms with Gasteiger partial charge >= 0.3 is 0 Å². The third-order valence-corrected chi connectivity index (χ3v) is 2.32. The standard InChI is InChI=1S/C9H12BrNO/c1-9(2,12-3)8-5-4-7(10)6-11-8/h4-6H,1-3H3. The van der Waals surface area contributed by atoms with Gasteiger partial charge < -0.3 is 4.74 Å². The number of rotatable bonds is 2. The molecule has 0 aliphatic rings. The van der Waals surface area contributed by atoms with Gasteiger partial charge in [-0.1, -0.05) is 0 Å². The van der Waals surface area contributed by atoms with Crippen LogP contribution in [-0.2, 0) is 10.3 Å². The highest BCUT2D eigenvalue weighted by atomic mass is 79.9. The fourth-order valence-corrected chi connectivity index (χ4v) is 1.07. The molecule has 0 aliphatic heterocycles. The normalized spacial score (nSPS) is 11.7. The molecule has 0 amide bonds. The maximum absolute atomic E-state index is 5.29. The quantitative estimate of drug-likeness (QED) is 0.779. The molecule has 0 aliphatic carbocycles. The minimum atomic E-state index is -0.305. The van der Waals surface area contributed by atoms with Crippen LogP contribution in [0.5, 0.6) is 0 Å². The topological polar surface area (TPSA) is 22.1 Å². The molecule has 0 saturated carbocycles. The summed E-state index contributed by atoms with van der Waals surface area (Å²) in [6, 6.07) is 3.91. The molecule has 0 spiro atoms. The number of aromatic nitrogens is 1. The van der Waals surface area contributed by atoms with Crippen LogP contribution in [0.3, 0.4) is 0 Å². The Balaban J connectivity index is 2.96. The zero-order valence-corrected chi connectivity index (χ0v) is 9.05. The van der Waals surface area contributed by atoms with Gasteiger partial charge in [-0.2, -0.15) is 0 Å². The highest BCUT2D eigenvalue weighted by Gasteiger charge is 2.20. The molecule has 0 aromatic carbocycles. The molecule has 1 heterocycles. The van der Waals surface area contributed by atoms with Crippen LogP contribution in [0.1, 0.15) is 19.5 Å². The molecule has 66 valence electrons. The van der Waals surface area contributed by atoms with Gasteiger partial charge in [0.1, 0.15) is 5.60 Å². The van der Waals surface area contributed by atoms with Crippen LogP contribution in [0.15, 0.2) is 22.8 Å². The van der Waals surface area contributed by atoms with E-state index in [0.29, 0.717) is 0 Å². The number of methoxy groups -OCH3 is 1. The molecule has 0 saturated heterocycles. The van der Waals surface area contributed by atoms with Crippen molar-refractivity contribution in [1.82, 2.24) is 4.98 Å². The first-order chi connectivity index (χ1) is 5.56. The minimum Gasteiger partial charge on any atom is -0.373 e. The molecule has 12 heavy (non-hydrogen) atoms. The third-order valence-electron chi connectivity index (χ3n) is 1.85. The van der Waals surface area contributed by atoms with E-state index in [9.17, 15) is 0 Å². The Morgan fingerprint density at radius 1 is 1.42 bits per heavy atom. The summed E-state index contributed by atoms with van der Waals surface area (Å²) in [5.74, 6) is 0. The predicted molar refractivity (Wildman–Crippen MR) is 52.0 cm³/mol. The van der Waals surface area contributed by atoms with Gasteiger partial charge in [0.15, 0.2) is 0 Å². The molecule has 0 bridgehead atoms. The summed E-state index contributed by atoms with van der Waals surface area (Å²) < 4.78 is 6.27. The largest absolute Gasteiger partial charge is 0.373 e. The van der Waals surface area contributed by atoms with E-state index >= 15 is 0 Å². The van der Waals surface area contributed by atoms with E-state index in [0.717, 1.165) is 10.2 Å². The summed E-state index contributed by atoms with van der Waals surface area (Å²) in [5, 5.41) is 0. The second kappa shape index (κ2) is 3.54. The van der Waals surface area contributed by atoms with Gasteiger partial charge in [0.05, 0.1) is 5.69 Å². The van der Waals surface area contributed by atoms with Gasteiger partial charge in [0, 0.05) is 17.8 Å². The fraction of sp³-hybridized carbons (Fsp3) is 0.444. The van der Waals surface area contributed by atoms with E-state index in [1.807, 2.05) is 26.0 Å². The molecule has 0 atom stereocenters. The Morgan fingerprint density at radius 2 is 2.08 bits per heavy atom. The van der Waals surface area contributed by atoms with Crippen LogP contribution >= 0.6 is 15.9 Å². The summed E-state index contributed by atoms with van der Waals surface area (Å²) >= 11 is 3.33. The van der Waals surface area contributed by atoms with Crippen LogP contribution < -0.4 is 0 Å². The second-order valence-electron chi connectivity index (χ2n) is 3.08. The Hall–Kier alpha value is -0.410. The van der Waals surface area contributed by atoms with Crippen molar-refractivity contribution in [3.8, 4) is 0 Å². The lowest BCUT2D eigenvalue weighted by Crippen LogP contribution is -2.20. The SMILES string of the molecule is COC(C)(C)c1ccc(Br)cn1. The second-order valence-corrected chi connectivity index (χ2v) is 3.99. The molecular formula is C9H12BrNO. The van der Waals surface area contributed by atoms with Crippen molar-refractivity contribution in [2.24, 2.45) is 0 Å². The van der Waals surface area contributed by atoms with E-state index in [1.165, 1.54) is 0 Å². The number of halogens is 1. The maximum Gasteiger partial charge on any atom is 0.104 e. The average Bonchev–Trinajstić information content (AvgIpc) is 2.05. The summed E-state index contributed by atoms with van der Waals surface area (Å²) in [6.07, 6.45) is 1.77. The molecular weight excluding hydrogens is 218 g/mol. The van der Waals surface area contributed by atoms with E-state index in [4.69, 9.17) is 4.74 Å². The Morgan fingerprint density at radius 3 is 2.50 bits per heavy atom. The van der Waals surface area contributed by atoms with E-state index in [2.05, 4.69) is 20.9 Å². The van der Waals surface area contributed by atoms with Crippen molar-refractivity contribution in [1.29, 1.82) is 0 Å². The molecule has 3 heteroatoms. The van der Waals surface area contributed by atoms with Gasteiger partial charge in [0.25, 0.3) is 0 Å². The van der Waals surface area contributed by atoms with Crippen molar-refractivity contribution in [2.45, 2.75) is 19.4 Å². The first kappa shape index (κ1) is 9.68. The molecule has 1 rings (SSSR count). The molecule has 0 unspecified atom stereocenters. The molecule has 0 radical (unpaired) electrons. The molecule has 1 aromatic heterocycles. The molecule has 0 N–H and O–H groups in total. The first-order valence-electron chi connectivity index (χ1n) is 3.73. The minimum absolute atomic E-state index is 0.305. The lowest BCUT2D eigenvalue weighted by atomic mass is 10.0. The Bertz CT molecular complexity index is 256. The number of ether oxygens (including phenoxy) is 1. The van der Waals surface area contributed by atoms with Crippen LogP contribution in [0.4, 0.5) is 0 Å². The van der Waals surface area contributed by atoms with Gasteiger partial charge in [-0.25, -0.2) is 0 Å². The monoisotopic (exact) mass is 229 g/mol. The number of hydrogen-bond donors (Lipinski definition) is 0. The van der Waals surface area contributed by atoms with Crippen LogP contribution in [0, 0.1) is 0 Å². The highest BCUT2D eigenvalue weighted by Crippen LogP contribution is 2.22. The summed E-state index contributed by atoms with van der Waals surface area (Å²) in [7, 11) is 1.68. The van der Waals surface area contributed by atoms with Crippen LogP contribution in [0.25, 0.3) is 0 Å². The van der Waals surface area contributed by atoms with Crippen molar-refractivity contribution < 1.29 is 4.74 Å². The number of pyridine rings is 1. The van der Waals surface area contributed by atoms with Gasteiger partial charge in [-0.05, 0) is 41.9 Å². The zero-order valence-electron chi connectivity index (χ0n) is 7.47. The van der Waals surface area contributed by atoms with Gasteiger partial charge in [0.2, 0.25) is 0 Å². The Kier molecular flexibility index (Phi) is 2.85. The van der Waals surface area contributed by atoms with Crippen LogP contribution in [-0.4, -0.2) is 12.1 Å². The van der Waals surface area contributed by atoms with Crippen molar-refractivity contribution in [2.75, 3.05) is 7.11 Å². The number of hydrogen-bond acceptors (Lipinski definition) is 2. The predicted octanol–water partition coefficient (Wildman–Crippen LogP) is 2.73. The van der Waals surface area contributed by atoms with E-state index < -0.39 is 0 Å². The van der Waals surface area contributed by atoms with Crippen molar-refractivity contribution >= 4 is 15.9 Å². The summed E-state index contributed by atoms with van der Waals surface area (Å²) in [6.45, 7) is 3.98. The highest BCUT2D eigenvalue weighted by molar-refractivity contribution is 9.10. The molecule has 1 aromatic rings. The smallest absolute Gasteiger partial charge is 0.104 e. The summed E-state index contributed by atoms with van der Waals surface area (Å²) in [4.78, 5) is 4.25. The molecule has 2 nitrogen and oxygen atoms in total. The first-order valence-corrected chi connectivity index (χ1v) is 4.53. The van der Waals surface area contributed by atoms with E-state index in [-0.39, 0.29) is 5.60 Å². The van der Waals surface area contributed by atoms with Crippen molar-refractivity contribution in [3.05, 3.63) is 28.5 Å². The number of nitrogens with zero attached hydrogens (tertiary/aromatic N) is 1. The maximum atomic E-state index is 5.29. The van der Waals surface area contributed by atoms with Crippen molar-refractivity contribution in [3.63, 3.8) is 0 Å². The lowest BCUT2D eigenvalue weighted by Gasteiger charge is -2.21. The van der Waals surface area contributed by atoms with Gasteiger partial charge in [-0.15, -0.1) is 0 Å². The molecule has 0 fully saturated rings. The third kappa shape index (κ3) is 2.05. The fourth-order valence-electron chi connectivity index (χ4n) is 0.837.